The second kappa shape index (κ2) is 5.49. The Morgan fingerprint density at radius 1 is 1.14 bits per heavy atom. The molecule has 6 heteroatoms. The maximum Gasteiger partial charge on any atom is 0.281 e. The highest BCUT2D eigenvalue weighted by atomic mass is 32.1. The van der Waals surface area contributed by atoms with Gasteiger partial charge in [0.2, 0.25) is 0 Å². The van der Waals surface area contributed by atoms with E-state index >= 15 is 0 Å². The van der Waals surface area contributed by atoms with E-state index in [0.717, 1.165) is 9.78 Å². The highest BCUT2D eigenvalue weighted by molar-refractivity contribution is 7.09. The van der Waals surface area contributed by atoms with Gasteiger partial charge in [-0.2, -0.15) is 0 Å². The third-order valence-electron chi connectivity index (χ3n) is 3.04. The number of carbonyl (C=O) groups excluding carboxylic acids is 2. The molecule has 0 spiro atoms. The normalized spacial score (nSPS) is 14.5. The molecule has 4 nitrogen and oxygen atoms in total. The summed E-state index contributed by atoms with van der Waals surface area (Å²) >= 11 is 1.57. The van der Waals surface area contributed by atoms with Gasteiger partial charge in [0.05, 0.1) is 5.69 Å². The monoisotopic (exact) mass is 302 g/mol. The van der Waals surface area contributed by atoms with Crippen LogP contribution in [0.3, 0.4) is 0 Å². The smallest absolute Gasteiger partial charge is 0.281 e. The average Bonchev–Trinajstić information content (AvgIpc) is 3.07. The Labute approximate surface area is 124 Å². The van der Waals surface area contributed by atoms with Gasteiger partial charge in [0.25, 0.3) is 11.8 Å². The maximum atomic E-state index is 12.9. The first-order chi connectivity index (χ1) is 10.1. The number of thiophene rings is 1. The standard InChI is InChI=1S/C15H11FN2O2S/c16-10-3-5-11(6-4-10)18-14(19)8-13(15(18)20)17-9-12-2-1-7-21-12/h1-8,17H,9H2. The van der Waals surface area contributed by atoms with Crippen LogP contribution in [0.5, 0.6) is 0 Å². The first-order valence-electron chi connectivity index (χ1n) is 6.27. The fraction of sp³-hybridized carbons (Fsp3) is 0.0667. The molecule has 0 bridgehead atoms. The molecule has 0 radical (unpaired) electrons. The molecule has 0 aliphatic carbocycles. The minimum absolute atomic E-state index is 0.248. The molecule has 1 aromatic carbocycles. The minimum Gasteiger partial charge on any atom is -0.376 e. The number of nitrogens with zero attached hydrogens (tertiary/aromatic N) is 1. The van der Waals surface area contributed by atoms with Gasteiger partial charge < -0.3 is 5.32 Å². The first-order valence-corrected chi connectivity index (χ1v) is 7.15. The summed E-state index contributed by atoms with van der Waals surface area (Å²) in [7, 11) is 0. The predicted octanol–water partition coefficient (Wildman–Crippen LogP) is 2.43. The first kappa shape index (κ1) is 13.5. The Morgan fingerprint density at radius 2 is 1.90 bits per heavy atom. The molecule has 0 atom stereocenters. The summed E-state index contributed by atoms with van der Waals surface area (Å²) in [6.45, 7) is 0.486. The lowest BCUT2D eigenvalue weighted by molar-refractivity contribution is -0.120. The molecule has 0 fully saturated rings. The quantitative estimate of drug-likeness (QED) is 0.883. The number of hydrogen-bond donors (Lipinski definition) is 1. The number of benzene rings is 1. The molecule has 1 N–H and O–H groups in total. The van der Waals surface area contributed by atoms with Crippen LogP contribution >= 0.6 is 11.3 Å². The fourth-order valence-electron chi connectivity index (χ4n) is 2.03. The van der Waals surface area contributed by atoms with Gasteiger partial charge in [0.15, 0.2) is 0 Å². The Kier molecular flexibility index (Phi) is 3.53. The van der Waals surface area contributed by atoms with Gasteiger partial charge in [-0.25, -0.2) is 9.29 Å². The van der Waals surface area contributed by atoms with Crippen molar-refractivity contribution in [2.45, 2.75) is 6.54 Å². The highest BCUT2D eigenvalue weighted by Crippen LogP contribution is 2.22. The zero-order valence-electron chi connectivity index (χ0n) is 10.9. The Balaban J connectivity index is 1.74. The Morgan fingerprint density at radius 3 is 2.57 bits per heavy atom. The average molecular weight is 302 g/mol. The third-order valence-corrected chi connectivity index (χ3v) is 3.92. The van der Waals surface area contributed by atoms with Gasteiger partial charge in [0, 0.05) is 17.5 Å². The van der Waals surface area contributed by atoms with Crippen LogP contribution < -0.4 is 10.2 Å². The summed E-state index contributed by atoms with van der Waals surface area (Å²) in [5.41, 5.74) is 0.605. The molecular formula is C15H11FN2O2S. The SMILES string of the molecule is O=C1C=C(NCc2cccs2)C(=O)N1c1ccc(F)cc1. The highest BCUT2D eigenvalue weighted by Gasteiger charge is 2.32. The van der Waals surface area contributed by atoms with E-state index in [1.165, 1.54) is 30.3 Å². The van der Waals surface area contributed by atoms with E-state index in [4.69, 9.17) is 0 Å². The van der Waals surface area contributed by atoms with Gasteiger partial charge in [0.1, 0.15) is 11.5 Å². The number of imide groups is 1. The lowest BCUT2D eigenvalue weighted by Gasteiger charge is -2.15. The minimum atomic E-state index is -0.430. The molecule has 0 saturated heterocycles. The van der Waals surface area contributed by atoms with E-state index in [0.29, 0.717) is 12.2 Å². The number of carbonyl (C=O) groups is 2. The molecule has 2 heterocycles. The summed E-state index contributed by atoms with van der Waals surface area (Å²) in [5.74, 6) is -1.27. The topological polar surface area (TPSA) is 49.4 Å². The van der Waals surface area contributed by atoms with E-state index in [1.54, 1.807) is 11.3 Å². The summed E-state index contributed by atoms with van der Waals surface area (Å²) in [5, 5.41) is 4.90. The van der Waals surface area contributed by atoms with Crippen molar-refractivity contribution in [1.29, 1.82) is 0 Å². The van der Waals surface area contributed by atoms with Crippen LogP contribution in [0.15, 0.2) is 53.6 Å². The van der Waals surface area contributed by atoms with Crippen molar-refractivity contribution in [2.75, 3.05) is 4.90 Å². The van der Waals surface area contributed by atoms with Crippen molar-refractivity contribution >= 4 is 28.8 Å². The summed E-state index contributed by atoms with van der Waals surface area (Å²) in [4.78, 5) is 26.3. The van der Waals surface area contributed by atoms with Crippen LogP contribution in [0.25, 0.3) is 0 Å². The predicted molar refractivity (Wildman–Crippen MR) is 78.1 cm³/mol. The Hall–Kier alpha value is -2.47. The summed E-state index contributed by atoms with van der Waals surface area (Å²) < 4.78 is 12.9. The van der Waals surface area contributed by atoms with Crippen molar-refractivity contribution in [1.82, 2.24) is 5.32 Å². The lowest BCUT2D eigenvalue weighted by Crippen LogP contribution is -2.33. The zero-order chi connectivity index (χ0) is 14.8. The number of hydrogen-bond acceptors (Lipinski definition) is 4. The molecule has 1 aliphatic rings. The van der Waals surface area contributed by atoms with Crippen LogP contribution in [0.2, 0.25) is 0 Å². The molecule has 1 aliphatic heterocycles. The van der Waals surface area contributed by atoms with E-state index in [9.17, 15) is 14.0 Å². The van der Waals surface area contributed by atoms with E-state index < -0.39 is 17.6 Å². The third kappa shape index (κ3) is 2.71. The summed E-state index contributed by atoms with van der Waals surface area (Å²) in [6.07, 6.45) is 1.26. The van der Waals surface area contributed by atoms with Crippen molar-refractivity contribution in [2.24, 2.45) is 0 Å². The Bertz CT molecular complexity index is 708. The van der Waals surface area contributed by atoms with Crippen LogP contribution in [0, 0.1) is 5.82 Å². The van der Waals surface area contributed by atoms with Crippen molar-refractivity contribution < 1.29 is 14.0 Å². The molecule has 0 saturated carbocycles. The van der Waals surface area contributed by atoms with Gasteiger partial charge in [-0.3, -0.25) is 9.59 Å². The van der Waals surface area contributed by atoms with E-state index in [-0.39, 0.29) is 5.70 Å². The number of nitrogens with one attached hydrogen (secondary N) is 1. The van der Waals surface area contributed by atoms with Crippen LogP contribution in [0.1, 0.15) is 4.88 Å². The van der Waals surface area contributed by atoms with Crippen LogP contribution in [0.4, 0.5) is 10.1 Å². The molecule has 0 unspecified atom stereocenters. The van der Waals surface area contributed by atoms with Gasteiger partial charge in [-0.15, -0.1) is 11.3 Å². The maximum absolute atomic E-state index is 12.9. The van der Waals surface area contributed by atoms with Crippen molar-refractivity contribution in [3.05, 3.63) is 64.2 Å². The van der Waals surface area contributed by atoms with Crippen molar-refractivity contribution in [3.8, 4) is 0 Å². The molecule has 2 aromatic rings. The fourth-order valence-corrected chi connectivity index (χ4v) is 2.67. The lowest BCUT2D eigenvalue weighted by atomic mass is 10.3. The van der Waals surface area contributed by atoms with Gasteiger partial charge in [-0.05, 0) is 35.7 Å². The van der Waals surface area contributed by atoms with Crippen LogP contribution in [-0.4, -0.2) is 11.8 Å². The second-order valence-corrected chi connectivity index (χ2v) is 5.48. The van der Waals surface area contributed by atoms with Gasteiger partial charge >= 0.3 is 0 Å². The number of amides is 2. The number of anilines is 1. The molecule has 21 heavy (non-hydrogen) atoms. The zero-order valence-corrected chi connectivity index (χ0v) is 11.7. The largest absolute Gasteiger partial charge is 0.376 e. The van der Waals surface area contributed by atoms with Gasteiger partial charge in [-0.1, -0.05) is 6.07 Å². The number of halogens is 1. The molecule has 2 amide bonds. The molecular weight excluding hydrogens is 291 g/mol. The summed E-state index contributed by atoms with van der Waals surface area (Å²) in [6, 6.07) is 9.10. The molecule has 1 aromatic heterocycles. The second-order valence-electron chi connectivity index (χ2n) is 4.45. The van der Waals surface area contributed by atoms with Crippen molar-refractivity contribution in [3.63, 3.8) is 0 Å². The van der Waals surface area contributed by atoms with E-state index in [1.807, 2.05) is 17.5 Å². The van der Waals surface area contributed by atoms with E-state index in [2.05, 4.69) is 5.32 Å². The van der Waals surface area contributed by atoms with Crippen LogP contribution in [-0.2, 0) is 16.1 Å². The molecule has 106 valence electrons. The number of rotatable bonds is 4. The molecule has 3 rings (SSSR count).